The Morgan fingerprint density at radius 1 is 1.14 bits per heavy atom. The summed E-state index contributed by atoms with van der Waals surface area (Å²) in [5.74, 6) is 0. The van der Waals surface area contributed by atoms with Crippen LogP contribution >= 0.6 is 0 Å². The van der Waals surface area contributed by atoms with Gasteiger partial charge in [0.05, 0.1) is 6.04 Å². The van der Waals surface area contributed by atoms with Crippen LogP contribution in [0, 0.1) is 0 Å². The van der Waals surface area contributed by atoms with Crippen molar-refractivity contribution in [2.75, 3.05) is 0 Å². The minimum Gasteiger partial charge on any atom is -0.388 e. The van der Waals surface area contributed by atoms with E-state index in [1.54, 1.807) is 0 Å². The molecule has 82 valence electrons. The van der Waals surface area contributed by atoms with Crippen LogP contribution in [0.1, 0.15) is 0 Å². The molecule has 1 rings (SSSR count). The highest BCUT2D eigenvalue weighted by molar-refractivity contribution is 5.58. The molecule has 0 aromatic heterocycles. The average Bonchev–Trinajstić information content (AvgIpc) is 2.19. The van der Waals surface area contributed by atoms with E-state index in [0.29, 0.717) is 6.29 Å². The second-order valence-corrected chi connectivity index (χ2v) is 3.18. The van der Waals surface area contributed by atoms with E-state index in [0.717, 1.165) is 0 Å². The Labute approximate surface area is 79.7 Å². The Morgan fingerprint density at radius 3 is 2.21 bits per heavy atom. The van der Waals surface area contributed by atoms with E-state index in [9.17, 15) is 15.0 Å². The number of rotatable bonds is 2. The van der Waals surface area contributed by atoms with Crippen LogP contribution in [0.4, 0.5) is 0 Å². The summed E-state index contributed by atoms with van der Waals surface area (Å²) in [7, 11) is 0. The lowest BCUT2D eigenvalue weighted by Crippen LogP contribution is -2.62. The van der Waals surface area contributed by atoms with E-state index < -0.39 is 36.7 Å². The summed E-state index contributed by atoms with van der Waals surface area (Å²) >= 11 is 0. The summed E-state index contributed by atoms with van der Waals surface area (Å²) < 4.78 is 4.67. The van der Waals surface area contributed by atoms with Gasteiger partial charge >= 0.3 is 0 Å². The molecular weight excluding hydrogens is 194 g/mol. The third-order valence-electron chi connectivity index (χ3n) is 2.16. The van der Waals surface area contributed by atoms with Crippen LogP contribution in [0.15, 0.2) is 0 Å². The molecule has 7 heteroatoms. The molecule has 1 fully saturated rings. The van der Waals surface area contributed by atoms with Gasteiger partial charge in [0.25, 0.3) is 0 Å². The molecule has 0 amide bonds. The van der Waals surface area contributed by atoms with Crippen molar-refractivity contribution in [3.05, 3.63) is 0 Å². The summed E-state index contributed by atoms with van der Waals surface area (Å²) in [5, 5.41) is 36.7. The van der Waals surface area contributed by atoms with E-state index in [-0.39, 0.29) is 0 Å². The number of carbonyl (C=O) groups excluding carboxylic acids is 1. The Hall–Kier alpha value is -0.570. The Morgan fingerprint density at radius 2 is 1.71 bits per heavy atom. The van der Waals surface area contributed by atoms with Gasteiger partial charge in [-0.15, -0.1) is 0 Å². The molecule has 0 bridgehead atoms. The molecule has 6 atom stereocenters. The minimum atomic E-state index is -1.66. The van der Waals surface area contributed by atoms with Gasteiger partial charge < -0.3 is 35.7 Å². The molecule has 0 spiro atoms. The van der Waals surface area contributed by atoms with E-state index in [1.165, 1.54) is 0 Å². The smallest absolute Gasteiger partial charge is 0.184 e. The normalized spacial score (nSPS) is 45.9. The van der Waals surface area contributed by atoms with E-state index in [1.807, 2.05) is 0 Å². The maximum atomic E-state index is 10.3. The number of nitrogens with two attached hydrogens (primary N) is 1. The highest BCUT2D eigenvalue weighted by atomic mass is 16.6. The van der Waals surface area contributed by atoms with Crippen molar-refractivity contribution in [1.29, 1.82) is 0 Å². The lowest BCUT2D eigenvalue weighted by Gasteiger charge is -2.39. The number of aldehydes is 1. The molecule has 0 saturated carbocycles. The number of hydrogen-bond donors (Lipinski definition) is 5. The standard InChI is InChI=1S/C7H13NO6/c8-2(1-9)6-4(11)3(10)5(12)7(13)14-6/h1-7,10-13H,8H2/t2-,3+,4-,5-,6-,7+/m1/s1. The molecule has 0 aromatic carbocycles. The average molecular weight is 207 g/mol. The third-order valence-corrected chi connectivity index (χ3v) is 2.16. The van der Waals surface area contributed by atoms with Crippen molar-refractivity contribution < 1.29 is 30.0 Å². The van der Waals surface area contributed by atoms with Crippen molar-refractivity contribution in [2.45, 2.75) is 36.7 Å². The minimum absolute atomic E-state index is 0.324. The summed E-state index contributed by atoms with van der Waals surface area (Å²) in [6, 6.07) is -1.17. The quantitative estimate of drug-likeness (QED) is 0.294. The predicted octanol–water partition coefficient (Wildman–Crippen LogP) is -3.69. The van der Waals surface area contributed by atoms with Gasteiger partial charge in [0, 0.05) is 0 Å². The van der Waals surface area contributed by atoms with Gasteiger partial charge in [0.2, 0.25) is 0 Å². The third kappa shape index (κ3) is 1.92. The zero-order valence-electron chi connectivity index (χ0n) is 7.22. The van der Waals surface area contributed by atoms with E-state index in [4.69, 9.17) is 15.9 Å². The SMILES string of the molecule is N[C@H](C=O)[C@H]1O[C@H](O)[C@H](O)[C@@H](O)[C@H]1O. The van der Waals surface area contributed by atoms with E-state index >= 15 is 0 Å². The molecule has 0 aliphatic carbocycles. The summed E-state index contributed by atoms with van der Waals surface area (Å²) in [5.41, 5.74) is 5.25. The van der Waals surface area contributed by atoms with Crippen molar-refractivity contribution in [3.8, 4) is 0 Å². The summed E-state index contributed by atoms with van der Waals surface area (Å²) in [6.45, 7) is 0. The van der Waals surface area contributed by atoms with Crippen molar-refractivity contribution in [1.82, 2.24) is 0 Å². The van der Waals surface area contributed by atoms with Gasteiger partial charge in [-0.1, -0.05) is 0 Å². The van der Waals surface area contributed by atoms with Crippen molar-refractivity contribution in [2.24, 2.45) is 5.73 Å². The summed E-state index contributed by atoms with van der Waals surface area (Å²) in [4.78, 5) is 10.3. The number of aliphatic hydroxyl groups excluding tert-OH is 4. The maximum absolute atomic E-state index is 10.3. The van der Waals surface area contributed by atoms with Crippen LogP contribution in [0.3, 0.4) is 0 Å². The summed E-state index contributed by atoms with van der Waals surface area (Å²) in [6.07, 6.45) is -7.26. The molecular formula is C7H13NO6. The molecule has 14 heavy (non-hydrogen) atoms. The Bertz CT molecular complexity index is 212. The first-order valence-corrected chi connectivity index (χ1v) is 4.07. The molecule has 1 saturated heterocycles. The first kappa shape index (κ1) is 11.5. The number of hydrogen-bond acceptors (Lipinski definition) is 7. The van der Waals surface area contributed by atoms with E-state index in [2.05, 4.69) is 4.74 Å². The molecule has 0 unspecified atom stereocenters. The van der Waals surface area contributed by atoms with Crippen LogP contribution in [-0.2, 0) is 9.53 Å². The van der Waals surface area contributed by atoms with Crippen LogP contribution in [0.5, 0.6) is 0 Å². The van der Waals surface area contributed by atoms with Crippen LogP contribution < -0.4 is 5.73 Å². The fourth-order valence-corrected chi connectivity index (χ4v) is 1.28. The second kappa shape index (κ2) is 4.30. The fourth-order valence-electron chi connectivity index (χ4n) is 1.28. The van der Waals surface area contributed by atoms with Crippen LogP contribution in [0.25, 0.3) is 0 Å². The first-order valence-electron chi connectivity index (χ1n) is 4.07. The van der Waals surface area contributed by atoms with Gasteiger partial charge in [0.15, 0.2) is 6.29 Å². The molecule has 0 aromatic rings. The molecule has 6 N–H and O–H groups in total. The lowest BCUT2D eigenvalue weighted by molar-refractivity contribution is -0.283. The van der Waals surface area contributed by atoms with Gasteiger partial charge in [-0.2, -0.15) is 0 Å². The second-order valence-electron chi connectivity index (χ2n) is 3.18. The molecule has 1 aliphatic heterocycles. The molecule has 1 heterocycles. The Balaban J connectivity index is 2.74. The highest BCUT2D eigenvalue weighted by Gasteiger charge is 2.45. The number of carbonyl (C=O) groups is 1. The van der Waals surface area contributed by atoms with Gasteiger partial charge in [0.1, 0.15) is 30.7 Å². The van der Waals surface area contributed by atoms with Gasteiger partial charge in [-0.25, -0.2) is 0 Å². The first-order chi connectivity index (χ1) is 6.49. The molecule has 7 nitrogen and oxygen atoms in total. The fraction of sp³-hybridized carbons (Fsp3) is 0.857. The van der Waals surface area contributed by atoms with Crippen molar-refractivity contribution >= 4 is 6.29 Å². The topological polar surface area (TPSA) is 133 Å². The highest BCUT2D eigenvalue weighted by Crippen LogP contribution is 2.20. The van der Waals surface area contributed by atoms with Crippen LogP contribution in [0.2, 0.25) is 0 Å². The monoisotopic (exact) mass is 207 g/mol. The largest absolute Gasteiger partial charge is 0.388 e. The van der Waals surface area contributed by atoms with Gasteiger partial charge in [-0.3, -0.25) is 0 Å². The molecule has 0 radical (unpaired) electrons. The lowest BCUT2D eigenvalue weighted by atomic mass is 9.95. The maximum Gasteiger partial charge on any atom is 0.184 e. The van der Waals surface area contributed by atoms with Crippen molar-refractivity contribution in [3.63, 3.8) is 0 Å². The zero-order valence-corrected chi connectivity index (χ0v) is 7.22. The zero-order chi connectivity index (χ0) is 10.9. The number of ether oxygens (including phenoxy) is 1. The predicted molar refractivity (Wildman–Crippen MR) is 42.9 cm³/mol. The Kier molecular flexibility index (Phi) is 3.53. The number of aliphatic hydroxyl groups is 4. The molecule has 1 aliphatic rings. The van der Waals surface area contributed by atoms with Crippen LogP contribution in [-0.4, -0.2) is 63.5 Å². The van der Waals surface area contributed by atoms with Gasteiger partial charge in [-0.05, 0) is 0 Å².